The Kier molecular flexibility index (Phi) is 4.39. The normalized spacial score (nSPS) is 11.7. The van der Waals surface area contributed by atoms with Crippen molar-refractivity contribution in [2.45, 2.75) is 13.2 Å². The van der Waals surface area contributed by atoms with Crippen molar-refractivity contribution in [1.29, 1.82) is 0 Å². The minimum atomic E-state index is 0.363. The summed E-state index contributed by atoms with van der Waals surface area (Å²) in [7, 11) is 1.64. The number of nitrogens with zero attached hydrogens (tertiary/aromatic N) is 5. The van der Waals surface area contributed by atoms with Crippen LogP contribution in [-0.4, -0.2) is 31.4 Å². The Morgan fingerprint density at radius 3 is 2.79 bits per heavy atom. The van der Waals surface area contributed by atoms with Crippen LogP contribution in [0.4, 0.5) is 0 Å². The molecule has 0 saturated carbocycles. The lowest BCUT2D eigenvalue weighted by Gasteiger charge is -2.08. The minimum Gasteiger partial charge on any atom is -0.377 e. The molecule has 1 aliphatic heterocycles. The molecule has 0 fully saturated rings. The van der Waals surface area contributed by atoms with E-state index in [1.807, 2.05) is 57.7 Å². The van der Waals surface area contributed by atoms with Crippen molar-refractivity contribution >= 4 is 11.6 Å². The number of fused-ring (bicyclic) bond motifs is 5. The highest BCUT2D eigenvalue weighted by Crippen LogP contribution is 2.34. The van der Waals surface area contributed by atoms with Crippen LogP contribution < -0.4 is 0 Å². The maximum atomic E-state index is 6.28. The van der Waals surface area contributed by atoms with E-state index in [4.69, 9.17) is 16.3 Å². The van der Waals surface area contributed by atoms with Gasteiger partial charge in [0.2, 0.25) is 0 Å². The Hall–Kier alpha value is -3.40. The van der Waals surface area contributed by atoms with E-state index in [1.54, 1.807) is 13.4 Å². The highest BCUT2D eigenvalue weighted by atomic mass is 35.5. The Balaban J connectivity index is 1.70. The van der Waals surface area contributed by atoms with Gasteiger partial charge in [-0.25, -0.2) is 4.98 Å². The van der Waals surface area contributed by atoms with Gasteiger partial charge in [-0.1, -0.05) is 35.7 Å². The standard InChI is InChI=1S/C22H16ClN5O/c1-29-13-21-25-26-22-17-11-16(23)8-10-19(17)28-14-24-18(20(28)12-27(21)22)9-7-15-5-3-2-4-6-15/h2-6,8,10-11,14H,12-13H2,1H3. The highest BCUT2D eigenvalue weighted by Gasteiger charge is 2.25. The molecule has 7 heteroatoms. The predicted octanol–water partition coefficient (Wildman–Crippen LogP) is 3.69. The van der Waals surface area contributed by atoms with E-state index in [0.717, 1.165) is 39.9 Å². The van der Waals surface area contributed by atoms with Gasteiger partial charge in [-0.05, 0) is 36.3 Å². The second-order valence-corrected chi connectivity index (χ2v) is 7.08. The summed E-state index contributed by atoms with van der Waals surface area (Å²) in [5, 5.41) is 9.36. The van der Waals surface area contributed by atoms with E-state index in [-0.39, 0.29) is 0 Å². The zero-order valence-electron chi connectivity index (χ0n) is 15.6. The molecule has 0 saturated heterocycles. The van der Waals surface area contributed by atoms with Crippen LogP contribution in [0.5, 0.6) is 0 Å². The van der Waals surface area contributed by atoms with E-state index in [9.17, 15) is 0 Å². The van der Waals surface area contributed by atoms with Crippen LogP contribution in [0.3, 0.4) is 0 Å². The Bertz CT molecular complexity index is 1260. The zero-order chi connectivity index (χ0) is 19.8. The van der Waals surface area contributed by atoms with Crippen molar-refractivity contribution in [2.24, 2.45) is 0 Å². The SMILES string of the molecule is COCc1nnc2n1Cc1c(C#Cc3ccccc3)ncn1-c1ccc(Cl)cc1-2. The Morgan fingerprint density at radius 2 is 1.97 bits per heavy atom. The lowest BCUT2D eigenvalue weighted by molar-refractivity contribution is 0.174. The maximum Gasteiger partial charge on any atom is 0.166 e. The maximum absolute atomic E-state index is 6.28. The molecule has 0 amide bonds. The molecule has 6 nitrogen and oxygen atoms in total. The molecule has 0 N–H and O–H groups in total. The van der Waals surface area contributed by atoms with Crippen LogP contribution in [-0.2, 0) is 17.9 Å². The summed E-state index contributed by atoms with van der Waals surface area (Å²) >= 11 is 6.28. The van der Waals surface area contributed by atoms with E-state index >= 15 is 0 Å². The molecule has 0 bridgehead atoms. The molecule has 0 aliphatic carbocycles. The van der Waals surface area contributed by atoms with Crippen molar-refractivity contribution in [3.63, 3.8) is 0 Å². The lowest BCUT2D eigenvalue weighted by atomic mass is 10.1. The summed E-state index contributed by atoms with van der Waals surface area (Å²) in [6, 6.07) is 15.6. The summed E-state index contributed by atoms with van der Waals surface area (Å²) in [4.78, 5) is 4.58. The van der Waals surface area contributed by atoms with E-state index in [0.29, 0.717) is 18.2 Å². The quantitative estimate of drug-likeness (QED) is 0.423. The van der Waals surface area contributed by atoms with Gasteiger partial charge in [0.05, 0.1) is 17.9 Å². The highest BCUT2D eigenvalue weighted by molar-refractivity contribution is 6.31. The Morgan fingerprint density at radius 1 is 1.10 bits per heavy atom. The van der Waals surface area contributed by atoms with Crippen molar-refractivity contribution in [1.82, 2.24) is 24.3 Å². The van der Waals surface area contributed by atoms with Gasteiger partial charge in [-0.3, -0.25) is 4.57 Å². The number of aromatic nitrogens is 5. The van der Waals surface area contributed by atoms with Gasteiger partial charge < -0.3 is 9.30 Å². The molecule has 2 aromatic carbocycles. The largest absolute Gasteiger partial charge is 0.377 e. The molecular weight excluding hydrogens is 386 g/mol. The first-order valence-electron chi connectivity index (χ1n) is 9.09. The molecule has 4 aromatic rings. The van der Waals surface area contributed by atoms with Crippen molar-refractivity contribution in [3.8, 4) is 28.9 Å². The summed E-state index contributed by atoms with van der Waals surface area (Å²) in [5.41, 5.74) is 4.47. The lowest BCUT2D eigenvalue weighted by Crippen LogP contribution is -2.09. The van der Waals surface area contributed by atoms with Gasteiger partial charge in [0.1, 0.15) is 18.6 Å². The van der Waals surface area contributed by atoms with Crippen LogP contribution in [0.25, 0.3) is 17.1 Å². The number of halogens is 1. The van der Waals surface area contributed by atoms with Crippen molar-refractivity contribution in [3.05, 3.63) is 82.7 Å². The van der Waals surface area contributed by atoms with Crippen LogP contribution in [0.15, 0.2) is 54.9 Å². The van der Waals surface area contributed by atoms with E-state index < -0.39 is 0 Å². The average molecular weight is 402 g/mol. The van der Waals surface area contributed by atoms with Crippen LogP contribution in [0, 0.1) is 11.8 Å². The fourth-order valence-electron chi connectivity index (χ4n) is 3.47. The van der Waals surface area contributed by atoms with Crippen LogP contribution >= 0.6 is 11.6 Å². The third-order valence-electron chi connectivity index (χ3n) is 4.83. The fraction of sp³-hybridized carbons (Fsp3) is 0.136. The number of hydrogen-bond donors (Lipinski definition) is 0. The molecule has 5 rings (SSSR count). The van der Waals surface area contributed by atoms with Gasteiger partial charge in [0.15, 0.2) is 11.6 Å². The smallest absolute Gasteiger partial charge is 0.166 e. The molecule has 0 unspecified atom stereocenters. The predicted molar refractivity (Wildman–Crippen MR) is 110 cm³/mol. The van der Waals surface area contributed by atoms with Gasteiger partial charge in [0.25, 0.3) is 0 Å². The fourth-order valence-corrected chi connectivity index (χ4v) is 3.65. The van der Waals surface area contributed by atoms with Crippen molar-refractivity contribution in [2.75, 3.05) is 7.11 Å². The minimum absolute atomic E-state index is 0.363. The second-order valence-electron chi connectivity index (χ2n) is 6.65. The molecule has 29 heavy (non-hydrogen) atoms. The first-order valence-corrected chi connectivity index (χ1v) is 9.47. The monoisotopic (exact) mass is 401 g/mol. The number of methoxy groups -OCH3 is 1. The number of rotatable bonds is 2. The topological polar surface area (TPSA) is 57.8 Å². The van der Waals surface area contributed by atoms with Gasteiger partial charge in [-0.2, -0.15) is 0 Å². The van der Waals surface area contributed by atoms with E-state index in [2.05, 4.69) is 27.0 Å². The molecule has 0 atom stereocenters. The van der Waals surface area contributed by atoms with Crippen LogP contribution in [0.2, 0.25) is 5.02 Å². The van der Waals surface area contributed by atoms with Crippen molar-refractivity contribution < 1.29 is 4.74 Å². The summed E-state index contributed by atoms with van der Waals surface area (Å²) in [5.74, 6) is 7.91. The first kappa shape index (κ1) is 17.7. The molecular formula is C22H16ClN5O. The molecule has 0 radical (unpaired) electrons. The van der Waals surface area contributed by atoms with Crippen LogP contribution in [0.1, 0.15) is 22.8 Å². The number of imidazole rings is 1. The number of benzene rings is 2. The van der Waals surface area contributed by atoms with Gasteiger partial charge in [0, 0.05) is 23.3 Å². The van der Waals surface area contributed by atoms with Gasteiger partial charge >= 0.3 is 0 Å². The second kappa shape index (κ2) is 7.21. The third-order valence-corrected chi connectivity index (χ3v) is 5.07. The van der Waals surface area contributed by atoms with E-state index in [1.165, 1.54) is 0 Å². The average Bonchev–Trinajstić information content (AvgIpc) is 3.29. The zero-order valence-corrected chi connectivity index (χ0v) is 16.4. The summed E-state index contributed by atoms with van der Waals surface area (Å²) < 4.78 is 9.39. The third kappa shape index (κ3) is 3.11. The first-order chi connectivity index (χ1) is 14.2. The van der Waals surface area contributed by atoms with Gasteiger partial charge in [-0.15, -0.1) is 10.2 Å². The molecule has 0 spiro atoms. The summed E-state index contributed by atoms with van der Waals surface area (Å²) in [6.07, 6.45) is 1.80. The summed E-state index contributed by atoms with van der Waals surface area (Å²) in [6.45, 7) is 0.897. The number of ether oxygens (including phenoxy) is 1. The molecule has 1 aliphatic rings. The molecule has 142 valence electrons. The molecule has 3 heterocycles. The molecule has 2 aromatic heterocycles. The number of hydrogen-bond acceptors (Lipinski definition) is 4. The Labute approximate surface area is 172 Å².